The number of unbranched alkanes of at least 4 members (excludes halogenated alkanes) is 7. The van der Waals surface area contributed by atoms with Crippen LogP contribution in [-0.2, 0) is 19.1 Å². The predicted molar refractivity (Wildman–Crippen MR) is 144 cm³/mol. The van der Waals surface area contributed by atoms with Crippen molar-refractivity contribution >= 4 is 11.9 Å². The SMILES string of the molecule is CC(C)CCCOC(=O)CCCCCCCCCCC(CCC(=O)OCCCC(C)C)C(C)C. The molecule has 0 saturated heterocycles. The Morgan fingerprint density at radius 3 is 1.41 bits per heavy atom. The molecule has 0 aromatic carbocycles. The number of hydrogen-bond acceptors (Lipinski definition) is 4. The van der Waals surface area contributed by atoms with E-state index in [4.69, 9.17) is 9.47 Å². The van der Waals surface area contributed by atoms with Crippen LogP contribution in [0.1, 0.15) is 144 Å². The molecule has 1 unspecified atom stereocenters. The Kier molecular flexibility index (Phi) is 21.7. The highest BCUT2D eigenvalue weighted by Crippen LogP contribution is 2.24. The van der Waals surface area contributed by atoms with Crippen LogP contribution < -0.4 is 0 Å². The van der Waals surface area contributed by atoms with Gasteiger partial charge < -0.3 is 9.47 Å². The average molecular weight is 483 g/mol. The summed E-state index contributed by atoms with van der Waals surface area (Å²) in [5.74, 6) is 2.54. The zero-order chi connectivity index (χ0) is 25.6. The van der Waals surface area contributed by atoms with Crippen molar-refractivity contribution in [3.05, 3.63) is 0 Å². The van der Waals surface area contributed by atoms with E-state index in [9.17, 15) is 9.59 Å². The minimum atomic E-state index is -0.0251. The van der Waals surface area contributed by atoms with Gasteiger partial charge in [-0.3, -0.25) is 9.59 Å². The largest absolute Gasteiger partial charge is 0.466 e. The quantitative estimate of drug-likeness (QED) is 0.108. The van der Waals surface area contributed by atoms with Crippen LogP contribution in [0.15, 0.2) is 0 Å². The van der Waals surface area contributed by atoms with Crippen LogP contribution in [0.4, 0.5) is 0 Å². The van der Waals surface area contributed by atoms with Gasteiger partial charge >= 0.3 is 11.9 Å². The Bertz CT molecular complexity index is 484. The lowest BCUT2D eigenvalue weighted by Crippen LogP contribution is -2.13. The number of ether oxygens (including phenoxy) is 2. The molecular formula is C30H58O4. The Labute approximate surface area is 212 Å². The molecule has 0 radical (unpaired) electrons. The van der Waals surface area contributed by atoms with Crippen LogP contribution in [0.25, 0.3) is 0 Å². The van der Waals surface area contributed by atoms with Gasteiger partial charge in [-0.05, 0) is 62.2 Å². The first kappa shape index (κ1) is 32.9. The molecule has 34 heavy (non-hydrogen) atoms. The van der Waals surface area contributed by atoms with Crippen LogP contribution in [0, 0.1) is 23.7 Å². The molecule has 0 saturated carbocycles. The second kappa shape index (κ2) is 22.4. The number of hydrogen-bond donors (Lipinski definition) is 0. The van der Waals surface area contributed by atoms with Crippen molar-refractivity contribution in [2.75, 3.05) is 13.2 Å². The van der Waals surface area contributed by atoms with Gasteiger partial charge in [0, 0.05) is 12.8 Å². The molecule has 0 aliphatic heterocycles. The molecule has 0 rings (SSSR count). The van der Waals surface area contributed by atoms with E-state index in [1.165, 1.54) is 44.9 Å². The van der Waals surface area contributed by atoms with E-state index in [2.05, 4.69) is 41.5 Å². The molecular weight excluding hydrogens is 424 g/mol. The first-order valence-electron chi connectivity index (χ1n) is 14.5. The number of carbonyl (C=O) groups is 2. The molecule has 1 atom stereocenters. The van der Waals surface area contributed by atoms with Crippen LogP contribution >= 0.6 is 0 Å². The van der Waals surface area contributed by atoms with Crippen LogP contribution in [0.5, 0.6) is 0 Å². The van der Waals surface area contributed by atoms with Gasteiger partial charge in [-0.25, -0.2) is 0 Å². The van der Waals surface area contributed by atoms with E-state index in [0.29, 0.717) is 49.7 Å². The standard InChI is InChI=1S/C30H58O4/c1-25(2)17-15-23-33-29(31)20-14-12-10-8-7-9-11-13-19-28(27(5)6)21-22-30(32)34-24-16-18-26(3)4/h25-28H,7-24H2,1-6H3. The molecule has 0 aliphatic rings. The number of esters is 2. The van der Waals surface area contributed by atoms with Gasteiger partial charge in [0.2, 0.25) is 0 Å². The molecule has 0 N–H and O–H groups in total. The lowest BCUT2D eigenvalue weighted by molar-refractivity contribution is -0.145. The van der Waals surface area contributed by atoms with Gasteiger partial charge in [-0.15, -0.1) is 0 Å². The molecule has 0 heterocycles. The van der Waals surface area contributed by atoms with Gasteiger partial charge in [0.1, 0.15) is 0 Å². The van der Waals surface area contributed by atoms with Crippen molar-refractivity contribution in [1.29, 1.82) is 0 Å². The van der Waals surface area contributed by atoms with E-state index in [-0.39, 0.29) is 11.9 Å². The number of carbonyl (C=O) groups excluding carboxylic acids is 2. The summed E-state index contributed by atoms with van der Waals surface area (Å²) in [6, 6.07) is 0. The maximum atomic E-state index is 12.0. The fraction of sp³-hybridized carbons (Fsp3) is 0.933. The highest BCUT2D eigenvalue weighted by Gasteiger charge is 2.15. The van der Waals surface area contributed by atoms with Crippen LogP contribution in [0.2, 0.25) is 0 Å². The second-order valence-corrected chi connectivity index (χ2v) is 11.4. The third kappa shape index (κ3) is 22.7. The van der Waals surface area contributed by atoms with Crippen molar-refractivity contribution in [3.63, 3.8) is 0 Å². The van der Waals surface area contributed by atoms with Gasteiger partial charge in [0.15, 0.2) is 0 Å². The highest BCUT2D eigenvalue weighted by molar-refractivity contribution is 5.69. The normalized spacial score (nSPS) is 12.5. The summed E-state index contributed by atoms with van der Waals surface area (Å²) in [4.78, 5) is 23.7. The minimum absolute atomic E-state index is 0.0196. The van der Waals surface area contributed by atoms with E-state index >= 15 is 0 Å². The monoisotopic (exact) mass is 482 g/mol. The third-order valence-corrected chi connectivity index (χ3v) is 6.75. The van der Waals surface area contributed by atoms with Crippen LogP contribution in [0.3, 0.4) is 0 Å². The van der Waals surface area contributed by atoms with E-state index in [1.807, 2.05) is 0 Å². The minimum Gasteiger partial charge on any atom is -0.466 e. The smallest absolute Gasteiger partial charge is 0.305 e. The Hall–Kier alpha value is -1.06. The van der Waals surface area contributed by atoms with Crippen molar-refractivity contribution in [1.82, 2.24) is 0 Å². The summed E-state index contributed by atoms with van der Waals surface area (Å²) in [5.41, 5.74) is 0. The topological polar surface area (TPSA) is 52.6 Å². The first-order chi connectivity index (χ1) is 16.2. The van der Waals surface area contributed by atoms with Crippen molar-refractivity contribution < 1.29 is 19.1 Å². The molecule has 0 amide bonds. The van der Waals surface area contributed by atoms with Gasteiger partial charge in [0.25, 0.3) is 0 Å². The summed E-state index contributed by atoms with van der Waals surface area (Å²) in [6.07, 6.45) is 17.2. The summed E-state index contributed by atoms with van der Waals surface area (Å²) in [7, 11) is 0. The Morgan fingerprint density at radius 1 is 0.500 bits per heavy atom. The molecule has 0 bridgehead atoms. The average Bonchev–Trinajstić information content (AvgIpc) is 2.77. The zero-order valence-corrected chi connectivity index (χ0v) is 23.7. The maximum Gasteiger partial charge on any atom is 0.305 e. The van der Waals surface area contributed by atoms with E-state index < -0.39 is 0 Å². The summed E-state index contributed by atoms with van der Waals surface area (Å²) >= 11 is 0. The van der Waals surface area contributed by atoms with Gasteiger partial charge in [-0.2, -0.15) is 0 Å². The molecule has 0 fully saturated rings. The fourth-order valence-corrected chi connectivity index (χ4v) is 4.35. The Morgan fingerprint density at radius 2 is 0.941 bits per heavy atom. The zero-order valence-electron chi connectivity index (χ0n) is 23.7. The maximum absolute atomic E-state index is 12.0. The molecule has 0 spiro atoms. The Balaban J connectivity index is 3.62. The summed E-state index contributed by atoms with van der Waals surface area (Å²) < 4.78 is 10.7. The van der Waals surface area contributed by atoms with Crippen molar-refractivity contribution in [3.8, 4) is 0 Å². The predicted octanol–water partition coefficient (Wildman–Crippen LogP) is 8.90. The van der Waals surface area contributed by atoms with Gasteiger partial charge in [-0.1, -0.05) is 92.9 Å². The molecule has 4 nitrogen and oxygen atoms in total. The second-order valence-electron chi connectivity index (χ2n) is 11.4. The van der Waals surface area contributed by atoms with Crippen molar-refractivity contribution in [2.45, 2.75) is 144 Å². The molecule has 0 aromatic heterocycles. The van der Waals surface area contributed by atoms with E-state index in [0.717, 1.165) is 44.9 Å². The van der Waals surface area contributed by atoms with E-state index in [1.54, 1.807) is 0 Å². The fourth-order valence-electron chi connectivity index (χ4n) is 4.35. The molecule has 202 valence electrons. The van der Waals surface area contributed by atoms with Crippen molar-refractivity contribution in [2.24, 2.45) is 23.7 Å². The highest BCUT2D eigenvalue weighted by atomic mass is 16.5. The third-order valence-electron chi connectivity index (χ3n) is 6.75. The molecule has 0 aliphatic carbocycles. The molecule has 0 aromatic rings. The van der Waals surface area contributed by atoms with Crippen LogP contribution in [-0.4, -0.2) is 25.2 Å². The summed E-state index contributed by atoms with van der Waals surface area (Å²) in [5, 5.41) is 0. The summed E-state index contributed by atoms with van der Waals surface area (Å²) in [6.45, 7) is 14.5. The lowest BCUT2D eigenvalue weighted by Gasteiger charge is -2.20. The van der Waals surface area contributed by atoms with Gasteiger partial charge in [0.05, 0.1) is 13.2 Å². The lowest BCUT2D eigenvalue weighted by atomic mass is 9.86. The first-order valence-corrected chi connectivity index (χ1v) is 14.5. The number of rotatable bonds is 23. The molecule has 4 heteroatoms.